The maximum atomic E-state index is 12.4. The van der Waals surface area contributed by atoms with E-state index in [0.717, 1.165) is 0 Å². The molecule has 126 valence electrons. The van der Waals surface area contributed by atoms with Crippen LogP contribution >= 0.6 is 0 Å². The van der Waals surface area contributed by atoms with Gasteiger partial charge in [0.2, 0.25) is 5.82 Å². The summed E-state index contributed by atoms with van der Waals surface area (Å²) in [7, 11) is 0. The quantitative estimate of drug-likeness (QED) is 0.920. The molecule has 1 amide bonds. The van der Waals surface area contributed by atoms with E-state index in [2.05, 4.69) is 14.7 Å². The van der Waals surface area contributed by atoms with Crippen LogP contribution in [0.15, 0.2) is 28.8 Å². The summed E-state index contributed by atoms with van der Waals surface area (Å²) in [6, 6.07) is 5.14. The number of alkyl halides is 2. The minimum absolute atomic E-state index is 0.00566. The van der Waals surface area contributed by atoms with Gasteiger partial charge >= 0.3 is 12.4 Å². The lowest BCUT2D eigenvalue weighted by Crippen LogP contribution is -2.40. The normalized spacial score (nSPS) is 17.5. The van der Waals surface area contributed by atoms with Crippen LogP contribution in [0.5, 0.6) is 0 Å². The number of rotatable bonds is 4. The lowest BCUT2D eigenvalue weighted by Gasteiger charge is -2.21. The fraction of sp³-hybridized carbons (Fsp3) is 0.333. The van der Waals surface area contributed by atoms with Crippen LogP contribution in [0, 0.1) is 0 Å². The molecule has 0 bridgehead atoms. The Morgan fingerprint density at radius 2 is 2.00 bits per heavy atom. The van der Waals surface area contributed by atoms with Crippen LogP contribution in [0.4, 0.5) is 8.78 Å². The number of hydrogen-bond donors (Lipinski definition) is 1. The van der Waals surface area contributed by atoms with E-state index in [0.29, 0.717) is 30.5 Å². The molecule has 2 aromatic rings. The summed E-state index contributed by atoms with van der Waals surface area (Å²) in [6.07, 6.45) is -1.78. The van der Waals surface area contributed by atoms with E-state index in [-0.39, 0.29) is 11.7 Å². The van der Waals surface area contributed by atoms with Crippen LogP contribution in [0.25, 0.3) is 11.4 Å². The Kier molecular flexibility index (Phi) is 4.24. The van der Waals surface area contributed by atoms with Crippen LogP contribution < -0.4 is 0 Å². The third-order valence-corrected chi connectivity index (χ3v) is 3.82. The largest absolute Gasteiger partial charge is 0.480 e. The van der Waals surface area contributed by atoms with Crippen LogP contribution in [0.2, 0.25) is 0 Å². The molecule has 24 heavy (non-hydrogen) atoms. The van der Waals surface area contributed by atoms with E-state index in [1.54, 1.807) is 0 Å². The third kappa shape index (κ3) is 2.97. The fourth-order valence-electron chi connectivity index (χ4n) is 2.64. The van der Waals surface area contributed by atoms with Crippen LogP contribution in [0.1, 0.15) is 35.5 Å². The van der Waals surface area contributed by atoms with Crippen molar-refractivity contribution in [3.63, 3.8) is 0 Å². The topological polar surface area (TPSA) is 96.5 Å². The number of carboxylic acid groups (broad SMARTS) is 1. The average molecular weight is 337 g/mol. The van der Waals surface area contributed by atoms with Gasteiger partial charge in [0.25, 0.3) is 11.8 Å². The van der Waals surface area contributed by atoms with Crippen molar-refractivity contribution in [2.45, 2.75) is 25.3 Å². The number of hydrogen-bond acceptors (Lipinski definition) is 5. The Morgan fingerprint density at radius 1 is 1.29 bits per heavy atom. The number of halogens is 2. The molecular formula is C15H13F2N3O4. The van der Waals surface area contributed by atoms with Crippen molar-refractivity contribution in [1.82, 2.24) is 15.0 Å². The average Bonchev–Trinajstić information content (AvgIpc) is 3.23. The zero-order valence-corrected chi connectivity index (χ0v) is 12.4. The lowest BCUT2D eigenvalue weighted by molar-refractivity contribution is -0.141. The summed E-state index contributed by atoms with van der Waals surface area (Å²) in [4.78, 5) is 28.5. The standard InChI is InChI=1S/C15H13F2N3O4/c16-11(17)13-18-12(19-24-13)8-3-5-9(6-4-8)14(21)20-7-1-2-10(20)15(22)23/h3-6,10-11H,1-2,7H2,(H,22,23)/t10-/m0/s1. The van der Waals surface area contributed by atoms with Crippen LogP contribution in [-0.4, -0.2) is 44.6 Å². The van der Waals surface area contributed by atoms with Gasteiger partial charge in [0.1, 0.15) is 6.04 Å². The van der Waals surface area contributed by atoms with Gasteiger partial charge in [-0.15, -0.1) is 0 Å². The van der Waals surface area contributed by atoms with Gasteiger partial charge in [0.05, 0.1) is 0 Å². The molecule has 1 aliphatic rings. The molecule has 0 unspecified atom stereocenters. The Hall–Kier alpha value is -2.84. The molecule has 9 heteroatoms. The zero-order valence-electron chi connectivity index (χ0n) is 12.4. The van der Waals surface area contributed by atoms with E-state index in [1.807, 2.05) is 0 Å². The maximum absolute atomic E-state index is 12.4. The van der Waals surface area contributed by atoms with E-state index < -0.39 is 24.3 Å². The van der Waals surface area contributed by atoms with Gasteiger partial charge in [-0.25, -0.2) is 4.79 Å². The summed E-state index contributed by atoms with van der Waals surface area (Å²) in [5, 5.41) is 12.6. The minimum atomic E-state index is -2.85. The Morgan fingerprint density at radius 3 is 2.58 bits per heavy atom. The SMILES string of the molecule is O=C(O)[C@@H]1CCCN1C(=O)c1ccc(-c2noc(C(F)F)n2)cc1. The second-order valence-corrected chi connectivity index (χ2v) is 5.33. The number of carboxylic acids is 1. The first-order chi connectivity index (χ1) is 11.5. The van der Waals surface area contributed by atoms with Gasteiger partial charge in [-0.1, -0.05) is 17.3 Å². The van der Waals surface area contributed by atoms with Crippen molar-refractivity contribution < 1.29 is 28.0 Å². The lowest BCUT2D eigenvalue weighted by atomic mass is 10.1. The molecule has 1 aromatic carbocycles. The van der Waals surface area contributed by atoms with Crippen molar-refractivity contribution in [3.8, 4) is 11.4 Å². The number of aliphatic carboxylic acids is 1. The van der Waals surface area contributed by atoms with Gasteiger partial charge < -0.3 is 14.5 Å². The molecule has 1 atom stereocenters. The van der Waals surface area contributed by atoms with Gasteiger partial charge in [0.15, 0.2) is 0 Å². The molecule has 1 aromatic heterocycles. The van der Waals surface area contributed by atoms with Gasteiger partial charge in [-0.3, -0.25) is 4.79 Å². The van der Waals surface area contributed by atoms with Crippen molar-refractivity contribution in [1.29, 1.82) is 0 Å². The van der Waals surface area contributed by atoms with E-state index in [4.69, 9.17) is 5.11 Å². The minimum Gasteiger partial charge on any atom is -0.480 e. The first-order valence-electron chi connectivity index (χ1n) is 7.23. The molecule has 7 nitrogen and oxygen atoms in total. The first kappa shape index (κ1) is 16.0. The second kappa shape index (κ2) is 6.34. The number of nitrogens with zero attached hydrogens (tertiary/aromatic N) is 3. The van der Waals surface area contributed by atoms with Gasteiger partial charge in [-0.05, 0) is 25.0 Å². The number of aromatic nitrogens is 2. The number of amides is 1. The van der Waals surface area contributed by atoms with Crippen LogP contribution in [0.3, 0.4) is 0 Å². The molecule has 2 heterocycles. The fourth-order valence-corrected chi connectivity index (χ4v) is 2.64. The molecule has 1 fully saturated rings. The molecule has 0 spiro atoms. The van der Waals surface area contributed by atoms with E-state index >= 15 is 0 Å². The predicted octanol–water partition coefficient (Wildman–Crippen LogP) is 2.36. The first-order valence-corrected chi connectivity index (χ1v) is 7.23. The van der Waals surface area contributed by atoms with E-state index in [9.17, 15) is 18.4 Å². The van der Waals surface area contributed by atoms with Crippen LogP contribution in [-0.2, 0) is 4.79 Å². The molecule has 3 rings (SSSR count). The Bertz CT molecular complexity index is 760. The third-order valence-electron chi connectivity index (χ3n) is 3.82. The van der Waals surface area contributed by atoms with Crippen molar-refractivity contribution in [3.05, 3.63) is 35.7 Å². The molecule has 1 saturated heterocycles. The maximum Gasteiger partial charge on any atom is 0.326 e. The highest BCUT2D eigenvalue weighted by atomic mass is 19.3. The molecule has 1 N–H and O–H groups in total. The summed E-state index contributed by atoms with van der Waals surface area (Å²) >= 11 is 0. The number of carbonyl (C=O) groups excluding carboxylic acids is 1. The van der Waals surface area contributed by atoms with Crippen molar-refractivity contribution in [2.75, 3.05) is 6.54 Å². The highest BCUT2D eigenvalue weighted by Gasteiger charge is 2.34. The molecule has 1 aliphatic heterocycles. The predicted molar refractivity (Wildman–Crippen MR) is 76.4 cm³/mol. The zero-order chi connectivity index (χ0) is 17.3. The highest BCUT2D eigenvalue weighted by molar-refractivity contribution is 5.97. The summed E-state index contributed by atoms with van der Waals surface area (Å²) in [5.74, 6) is -2.18. The number of likely N-dealkylation sites (tertiary alicyclic amines) is 1. The second-order valence-electron chi connectivity index (χ2n) is 5.33. The smallest absolute Gasteiger partial charge is 0.326 e. The Labute approximate surface area is 134 Å². The van der Waals surface area contributed by atoms with Crippen molar-refractivity contribution in [2.24, 2.45) is 0 Å². The van der Waals surface area contributed by atoms with Gasteiger partial charge in [-0.2, -0.15) is 13.8 Å². The Balaban J connectivity index is 1.78. The molecule has 0 saturated carbocycles. The number of benzene rings is 1. The van der Waals surface area contributed by atoms with E-state index in [1.165, 1.54) is 29.2 Å². The summed E-state index contributed by atoms with van der Waals surface area (Å²) in [5.41, 5.74) is 0.725. The highest BCUT2D eigenvalue weighted by Crippen LogP contribution is 2.24. The van der Waals surface area contributed by atoms with Gasteiger partial charge in [0, 0.05) is 17.7 Å². The summed E-state index contributed by atoms with van der Waals surface area (Å²) in [6.45, 7) is 0.389. The summed E-state index contributed by atoms with van der Waals surface area (Å²) < 4.78 is 29.3. The molecule has 0 radical (unpaired) electrons. The monoisotopic (exact) mass is 337 g/mol. The van der Waals surface area contributed by atoms with Crippen molar-refractivity contribution >= 4 is 11.9 Å². The molecule has 0 aliphatic carbocycles. The number of carbonyl (C=O) groups is 2. The molecular weight excluding hydrogens is 324 g/mol.